The Balaban J connectivity index is 3.15. The maximum absolute atomic E-state index is 13.2. The number of carboxylic acid groups (broad SMARTS) is 1. The van der Waals surface area contributed by atoms with Gasteiger partial charge in [-0.15, -0.1) is 0 Å². The van der Waals surface area contributed by atoms with E-state index < -0.39 is 66.6 Å². The van der Waals surface area contributed by atoms with Gasteiger partial charge in [-0.2, -0.15) is 11.8 Å². The van der Waals surface area contributed by atoms with E-state index in [4.69, 9.17) is 10.8 Å². The minimum Gasteiger partial charge on any atom is -0.508 e. The summed E-state index contributed by atoms with van der Waals surface area (Å²) in [5.74, 6) is -4.58. The van der Waals surface area contributed by atoms with Crippen LogP contribution >= 0.6 is 11.8 Å². The van der Waals surface area contributed by atoms with Crippen molar-refractivity contribution >= 4 is 47.3 Å². The second-order valence-electron chi connectivity index (χ2n) is 7.81. The van der Waals surface area contributed by atoms with Crippen molar-refractivity contribution in [3.63, 3.8) is 0 Å². The predicted octanol–water partition coefficient (Wildman–Crippen LogP) is -1.76. The predicted molar refractivity (Wildman–Crippen MR) is 131 cm³/mol. The Kier molecular flexibility index (Phi) is 12.8. The summed E-state index contributed by atoms with van der Waals surface area (Å²) in [4.78, 5) is 72.1. The molecule has 3 atom stereocenters. The summed E-state index contributed by atoms with van der Waals surface area (Å²) < 4.78 is 0. The third-order valence-corrected chi connectivity index (χ3v) is 5.41. The number of amides is 5. The molecule has 1 aromatic rings. The molecule has 5 amide bonds. The van der Waals surface area contributed by atoms with E-state index in [2.05, 4.69) is 21.3 Å². The molecule has 0 saturated carbocycles. The molecule has 0 fully saturated rings. The van der Waals surface area contributed by atoms with E-state index in [0.717, 1.165) is 6.92 Å². The SMILES string of the molecule is CSCC[C@H](NC(=O)[C@H](Cc1ccc(O)cc1)NC(=O)[C@H](CC(=O)O)NC(C)=O)C(=O)NCC(N)=O. The number of nitrogens with one attached hydrogen (secondary N) is 4. The van der Waals surface area contributed by atoms with Gasteiger partial charge in [0.1, 0.15) is 23.9 Å². The van der Waals surface area contributed by atoms with Gasteiger partial charge in [-0.1, -0.05) is 12.1 Å². The number of hydrogen-bond acceptors (Lipinski definition) is 8. The van der Waals surface area contributed by atoms with Crippen LogP contribution in [0.1, 0.15) is 25.3 Å². The summed E-state index contributed by atoms with van der Waals surface area (Å²) in [6, 6.07) is 2.05. The molecule has 0 aliphatic rings. The first-order valence-electron chi connectivity index (χ1n) is 10.8. The first-order chi connectivity index (χ1) is 16.9. The number of nitrogens with two attached hydrogens (primary N) is 1. The average molecular weight is 526 g/mol. The zero-order chi connectivity index (χ0) is 27.3. The summed E-state index contributed by atoms with van der Waals surface area (Å²) in [5.41, 5.74) is 5.60. The summed E-state index contributed by atoms with van der Waals surface area (Å²) >= 11 is 1.42. The lowest BCUT2D eigenvalue weighted by molar-refractivity contribution is -0.141. The fourth-order valence-corrected chi connectivity index (χ4v) is 3.52. The maximum Gasteiger partial charge on any atom is 0.305 e. The quantitative estimate of drug-likeness (QED) is 0.138. The Morgan fingerprint density at radius 3 is 2.03 bits per heavy atom. The number of aliphatic carboxylic acids is 1. The Labute approximate surface area is 211 Å². The van der Waals surface area contributed by atoms with Crippen molar-refractivity contribution < 1.29 is 39.0 Å². The number of hydrogen-bond donors (Lipinski definition) is 7. The number of phenols is 1. The summed E-state index contributed by atoms with van der Waals surface area (Å²) in [6.45, 7) is 0.690. The highest BCUT2D eigenvalue weighted by Crippen LogP contribution is 2.12. The van der Waals surface area contributed by atoms with Crippen molar-refractivity contribution in [1.29, 1.82) is 0 Å². The standard InChI is InChI=1S/C22H31N5O8S/c1-12(28)25-17(10-19(31)32)22(35)27-16(9-13-3-5-14(29)6-4-13)21(34)26-15(7-8-36-2)20(33)24-11-18(23)30/h3-6,15-17,29H,7-11H2,1-2H3,(H2,23,30)(H,24,33)(H,25,28)(H,26,34)(H,27,35)(H,31,32)/t15-,16-,17-/m0/s1. The lowest BCUT2D eigenvalue weighted by Crippen LogP contribution is -2.57. The highest BCUT2D eigenvalue weighted by Gasteiger charge is 2.30. The molecule has 0 radical (unpaired) electrons. The van der Waals surface area contributed by atoms with Crippen LogP contribution in [0.15, 0.2) is 24.3 Å². The van der Waals surface area contributed by atoms with Crippen LogP contribution < -0.4 is 27.0 Å². The molecule has 0 unspecified atom stereocenters. The minimum atomic E-state index is -1.44. The van der Waals surface area contributed by atoms with Crippen molar-refractivity contribution in [2.24, 2.45) is 5.73 Å². The van der Waals surface area contributed by atoms with E-state index in [1.807, 2.05) is 0 Å². The summed E-state index contributed by atoms with van der Waals surface area (Å²) in [5, 5.41) is 28.2. The van der Waals surface area contributed by atoms with Gasteiger partial charge in [-0.25, -0.2) is 0 Å². The van der Waals surface area contributed by atoms with Crippen LogP contribution in [0.5, 0.6) is 5.75 Å². The molecule has 0 spiro atoms. The molecule has 0 aliphatic carbocycles. The minimum absolute atomic E-state index is 0.0146. The fraction of sp³-hybridized carbons (Fsp3) is 0.455. The van der Waals surface area contributed by atoms with Crippen LogP contribution in [0.2, 0.25) is 0 Å². The number of carbonyl (C=O) groups is 6. The summed E-state index contributed by atoms with van der Waals surface area (Å²) in [6.07, 6.45) is 1.23. The molecule has 0 bridgehead atoms. The first-order valence-corrected chi connectivity index (χ1v) is 12.2. The molecule has 1 aromatic carbocycles. The highest BCUT2D eigenvalue weighted by molar-refractivity contribution is 7.98. The van der Waals surface area contributed by atoms with E-state index in [-0.39, 0.29) is 18.6 Å². The van der Waals surface area contributed by atoms with Crippen molar-refractivity contribution in [3.8, 4) is 5.75 Å². The normalized spacial score (nSPS) is 12.9. The maximum atomic E-state index is 13.2. The van der Waals surface area contributed by atoms with Crippen LogP contribution in [0.25, 0.3) is 0 Å². The monoisotopic (exact) mass is 525 g/mol. The Bertz CT molecular complexity index is 940. The van der Waals surface area contributed by atoms with Gasteiger partial charge in [0.15, 0.2) is 0 Å². The van der Waals surface area contributed by atoms with Gasteiger partial charge in [-0.3, -0.25) is 28.8 Å². The molecule has 8 N–H and O–H groups in total. The van der Waals surface area contributed by atoms with Crippen LogP contribution in [0.4, 0.5) is 0 Å². The number of carbonyl (C=O) groups excluding carboxylic acids is 5. The molecule has 13 nitrogen and oxygen atoms in total. The Morgan fingerprint density at radius 2 is 1.50 bits per heavy atom. The molecule has 0 aromatic heterocycles. The number of aromatic hydroxyl groups is 1. The fourth-order valence-electron chi connectivity index (χ4n) is 3.05. The number of phenolic OH excluding ortho intramolecular Hbond substituents is 1. The van der Waals surface area contributed by atoms with Crippen LogP contribution in [-0.4, -0.2) is 82.4 Å². The first kappa shape index (κ1) is 30.2. The molecule has 1 rings (SSSR count). The highest BCUT2D eigenvalue weighted by atomic mass is 32.2. The molecule has 0 saturated heterocycles. The zero-order valence-corrected chi connectivity index (χ0v) is 20.7. The molecule has 198 valence electrons. The smallest absolute Gasteiger partial charge is 0.305 e. The lowest BCUT2D eigenvalue weighted by atomic mass is 10.0. The summed E-state index contributed by atoms with van der Waals surface area (Å²) in [7, 11) is 0. The number of benzene rings is 1. The van der Waals surface area contributed by atoms with E-state index in [1.165, 1.54) is 36.0 Å². The third-order valence-electron chi connectivity index (χ3n) is 4.76. The van der Waals surface area contributed by atoms with E-state index in [9.17, 15) is 33.9 Å². The molecule has 0 aliphatic heterocycles. The number of carboxylic acids is 1. The van der Waals surface area contributed by atoms with Crippen LogP contribution in [-0.2, 0) is 35.2 Å². The van der Waals surface area contributed by atoms with E-state index >= 15 is 0 Å². The lowest BCUT2D eigenvalue weighted by Gasteiger charge is -2.25. The van der Waals surface area contributed by atoms with Gasteiger partial charge in [0.2, 0.25) is 29.5 Å². The largest absolute Gasteiger partial charge is 0.508 e. The third kappa shape index (κ3) is 11.6. The Morgan fingerprint density at radius 1 is 0.917 bits per heavy atom. The van der Waals surface area contributed by atoms with Gasteiger partial charge < -0.3 is 37.2 Å². The van der Waals surface area contributed by atoms with Gasteiger partial charge in [0.05, 0.1) is 13.0 Å². The van der Waals surface area contributed by atoms with Gasteiger partial charge >= 0.3 is 5.97 Å². The number of rotatable bonds is 15. The van der Waals surface area contributed by atoms with Gasteiger partial charge in [0, 0.05) is 13.3 Å². The van der Waals surface area contributed by atoms with E-state index in [1.54, 1.807) is 6.26 Å². The van der Waals surface area contributed by atoms with Crippen LogP contribution in [0.3, 0.4) is 0 Å². The second kappa shape index (κ2) is 15.2. The zero-order valence-electron chi connectivity index (χ0n) is 19.9. The molecule has 36 heavy (non-hydrogen) atoms. The van der Waals surface area contributed by atoms with E-state index in [0.29, 0.717) is 11.3 Å². The number of thioether (sulfide) groups is 1. The number of primary amides is 1. The van der Waals surface area contributed by atoms with Crippen molar-refractivity contribution in [3.05, 3.63) is 29.8 Å². The van der Waals surface area contributed by atoms with Crippen molar-refractivity contribution in [2.45, 2.75) is 44.3 Å². The molecule has 0 heterocycles. The topological polar surface area (TPSA) is 217 Å². The molecular weight excluding hydrogens is 494 g/mol. The van der Waals surface area contributed by atoms with Crippen molar-refractivity contribution in [2.75, 3.05) is 18.6 Å². The average Bonchev–Trinajstić information content (AvgIpc) is 2.79. The van der Waals surface area contributed by atoms with Crippen LogP contribution in [0, 0.1) is 0 Å². The molecular formula is C22H31N5O8S. The Hall–Kier alpha value is -3.81. The van der Waals surface area contributed by atoms with Crippen molar-refractivity contribution in [1.82, 2.24) is 21.3 Å². The second-order valence-corrected chi connectivity index (χ2v) is 8.80. The van der Waals surface area contributed by atoms with Gasteiger partial charge in [0.25, 0.3) is 0 Å². The molecule has 14 heteroatoms. The van der Waals surface area contributed by atoms with Gasteiger partial charge in [-0.05, 0) is 36.1 Å².